The summed E-state index contributed by atoms with van der Waals surface area (Å²) in [6, 6.07) is -0.732. The third-order valence-corrected chi connectivity index (χ3v) is 10.5. The van der Waals surface area contributed by atoms with Gasteiger partial charge in [0, 0.05) is 19.3 Å². The maximum absolute atomic E-state index is 12.8. The van der Waals surface area contributed by atoms with E-state index < -0.39 is 18.1 Å². The maximum atomic E-state index is 12.8. The number of likely N-dealkylation sites (N-methyl/N-ethyl adjacent to an activating group) is 1. The Bertz CT molecular complexity index is 1150. The number of hydrogen-bond acceptors (Lipinski definition) is 7. The van der Waals surface area contributed by atoms with Crippen molar-refractivity contribution in [2.45, 2.75) is 206 Å². The van der Waals surface area contributed by atoms with Crippen molar-refractivity contribution in [2.75, 3.05) is 41.0 Å². The third-order valence-electron chi connectivity index (χ3n) is 10.5. The molecule has 0 fully saturated rings. The second-order valence-electron chi connectivity index (χ2n) is 17.1. The van der Waals surface area contributed by atoms with E-state index in [9.17, 15) is 19.5 Å². The maximum Gasteiger partial charge on any atom is 0.306 e. The monoisotopic (exact) mass is 828 g/mol. The molecule has 2 unspecified atom stereocenters. The molecule has 0 heterocycles. The molecule has 0 saturated heterocycles. The topological polar surface area (TPSA) is 102 Å². The fraction of sp³-hybridized carbons (Fsp3) is 0.745. The number of ether oxygens (including phenoxy) is 3. The first-order valence-corrected chi connectivity index (χ1v) is 23.9. The van der Waals surface area contributed by atoms with Gasteiger partial charge in [0.1, 0.15) is 12.6 Å². The lowest BCUT2D eigenvalue weighted by Crippen LogP contribution is -2.55. The van der Waals surface area contributed by atoms with Crippen LogP contribution < -0.4 is 5.11 Å². The first-order valence-electron chi connectivity index (χ1n) is 23.9. The minimum absolute atomic E-state index is 0.0294. The Balaban J connectivity index is 4.32. The molecule has 0 aromatic heterocycles. The molecule has 0 N–H and O–H groups in total. The lowest BCUT2D eigenvalue weighted by molar-refractivity contribution is -0.889. The molecule has 0 radical (unpaired) electrons. The quantitative estimate of drug-likeness (QED) is 0.0198. The van der Waals surface area contributed by atoms with Crippen LogP contribution in [-0.2, 0) is 28.6 Å². The summed E-state index contributed by atoms with van der Waals surface area (Å²) < 4.78 is 17.2. The van der Waals surface area contributed by atoms with Crippen LogP contribution in [0.25, 0.3) is 0 Å². The Hall–Kier alpha value is -2.97. The van der Waals surface area contributed by atoms with Crippen molar-refractivity contribution in [3.63, 3.8) is 0 Å². The zero-order valence-electron chi connectivity index (χ0n) is 38.7. The second-order valence-corrected chi connectivity index (χ2v) is 17.1. The van der Waals surface area contributed by atoms with Gasteiger partial charge in [-0.25, -0.2) is 0 Å². The Labute approximate surface area is 362 Å². The van der Waals surface area contributed by atoms with Crippen LogP contribution in [0.4, 0.5) is 0 Å². The van der Waals surface area contributed by atoms with Crippen LogP contribution >= 0.6 is 0 Å². The van der Waals surface area contributed by atoms with E-state index in [1.165, 1.54) is 96.3 Å². The SMILES string of the molecule is CC/C=C/C=C/C=C/C=C/CCCCCCCC(=O)OCC(COCCC(C(=O)[O-])[N+](C)(C)C)OC(=O)CCCCCCCCC/C=C/CCCCCCCCCCC. The van der Waals surface area contributed by atoms with Crippen LogP contribution in [0.5, 0.6) is 0 Å². The number of rotatable bonds is 42. The van der Waals surface area contributed by atoms with Gasteiger partial charge in [-0.15, -0.1) is 0 Å². The first-order chi connectivity index (χ1) is 28.6. The van der Waals surface area contributed by atoms with E-state index in [1.54, 1.807) is 21.1 Å². The highest BCUT2D eigenvalue weighted by atomic mass is 16.6. The van der Waals surface area contributed by atoms with Gasteiger partial charge in [0.25, 0.3) is 0 Å². The van der Waals surface area contributed by atoms with Gasteiger partial charge in [0.2, 0.25) is 0 Å². The van der Waals surface area contributed by atoms with Gasteiger partial charge in [-0.2, -0.15) is 0 Å². The summed E-state index contributed by atoms with van der Waals surface area (Å²) in [6.45, 7) is 4.50. The van der Waals surface area contributed by atoms with Crippen molar-refractivity contribution in [1.29, 1.82) is 0 Å². The minimum Gasteiger partial charge on any atom is -0.544 e. The Morgan fingerprint density at radius 3 is 1.46 bits per heavy atom. The highest BCUT2D eigenvalue weighted by Crippen LogP contribution is 2.14. The number of carbonyl (C=O) groups is 3. The van der Waals surface area contributed by atoms with Gasteiger partial charge in [-0.1, -0.05) is 177 Å². The van der Waals surface area contributed by atoms with Crippen molar-refractivity contribution in [2.24, 2.45) is 0 Å². The summed E-state index contributed by atoms with van der Waals surface area (Å²) in [5, 5.41) is 11.6. The molecule has 0 amide bonds. The van der Waals surface area contributed by atoms with Crippen molar-refractivity contribution in [3.8, 4) is 0 Å². The highest BCUT2D eigenvalue weighted by Gasteiger charge is 2.25. The molecule has 0 aliphatic heterocycles. The highest BCUT2D eigenvalue weighted by molar-refractivity contribution is 5.70. The summed E-state index contributed by atoms with van der Waals surface area (Å²) in [6.07, 6.45) is 51.0. The molecule has 8 nitrogen and oxygen atoms in total. The van der Waals surface area contributed by atoms with E-state index in [0.717, 1.165) is 64.2 Å². The number of nitrogens with zero attached hydrogens (tertiary/aromatic N) is 1. The van der Waals surface area contributed by atoms with Gasteiger partial charge in [-0.05, 0) is 57.8 Å². The largest absolute Gasteiger partial charge is 0.544 e. The molecule has 0 aliphatic rings. The van der Waals surface area contributed by atoms with E-state index in [-0.39, 0.29) is 42.7 Å². The van der Waals surface area contributed by atoms with Crippen molar-refractivity contribution < 1.29 is 38.2 Å². The van der Waals surface area contributed by atoms with Gasteiger partial charge >= 0.3 is 11.9 Å². The van der Waals surface area contributed by atoms with E-state index in [1.807, 2.05) is 24.3 Å². The molecule has 59 heavy (non-hydrogen) atoms. The summed E-state index contributed by atoms with van der Waals surface area (Å²) in [4.78, 5) is 36.9. The van der Waals surface area contributed by atoms with Crippen molar-refractivity contribution in [3.05, 3.63) is 60.8 Å². The fourth-order valence-corrected chi connectivity index (χ4v) is 6.78. The van der Waals surface area contributed by atoms with E-state index >= 15 is 0 Å². The first kappa shape index (κ1) is 56.0. The number of allylic oxidation sites excluding steroid dienone is 10. The van der Waals surface area contributed by atoms with Crippen LogP contribution in [0, 0.1) is 0 Å². The molecule has 0 aromatic carbocycles. The third kappa shape index (κ3) is 40.2. The molecule has 2 atom stereocenters. The average Bonchev–Trinajstić information content (AvgIpc) is 3.19. The average molecular weight is 828 g/mol. The molecule has 340 valence electrons. The molecule has 0 aromatic rings. The summed E-state index contributed by atoms with van der Waals surface area (Å²) in [5.41, 5.74) is 0. The van der Waals surface area contributed by atoms with E-state index in [0.29, 0.717) is 12.8 Å². The van der Waals surface area contributed by atoms with Crippen LogP contribution in [0.1, 0.15) is 194 Å². The second kappa shape index (κ2) is 41.8. The molecular formula is C51H89NO7. The van der Waals surface area contributed by atoms with Gasteiger partial charge in [0.05, 0.1) is 40.3 Å². The predicted octanol–water partition coefficient (Wildman–Crippen LogP) is 12.0. The number of unbranched alkanes of at least 4 members (excludes halogenated alkanes) is 21. The Morgan fingerprint density at radius 2 is 0.966 bits per heavy atom. The lowest BCUT2D eigenvalue weighted by atomic mass is 10.1. The molecule has 8 heteroatoms. The van der Waals surface area contributed by atoms with Crippen LogP contribution in [-0.4, -0.2) is 75.5 Å². The number of hydrogen-bond donors (Lipinski definition) is 0. The number of esters is 2. The van der Waals surface area contributed by atoms with Crippen LogP contribution in [0.3, 0.4) is 0 Å². The normalized spacial score (nSPS) is 13.4. The Morgan fingerprint density at radius 1 is 0.525 bits per heavy atom. The molecule has 0 saturated carbocycles. The van der Waals surface area contributed by atoms with Gasteiger partial charge in [-0.3, -0.25) is 9.59 Å². The van der Waals surface area contributed by atoms with E-state index in [4.69, 9.17) is 14.2 Å². The lowest BCUT2D eigenvalue weighted by Gasteiger charge is -2.34. The Kier molecular flexibility index (Phi) is 39.6. The van der Waals surface area contributed by atoms with Crippen molar-refractivity contribution >= 4 is 17.9 Å². The predicted molar refractivity (Wildman–Crippen MR) is 245 cm³/mol. The number of quaternary nitrogens is 1. The van der Waals surface area contributed by atoms with E-state index in [2.05, 4.69) is 50.3 Å². The van der Waals surface area contributed by atoms with Gasteiger partial charge in [0.15, 0.2) is 6.10 Å². The number of aliphatic carboxylic acids is 1. The molecule has 0 aliphatic carbocycles. The number of carboxylic acids is 1. The standard InChI is InChI=1S/C51H89NO7/c1-6-8-10-12-14-16-18-20-22-23-24-25-26-28-30-32-34-36-38-40-42-50(54)59-47(45-57-44-43-48(51(55)56)52(3,4)5)46-58-49(53)41-39-37-35-33-31-29-27-21-19-17-15-13-11-9-7-2/h9,11,13,15,17,19,21,24-25,27,47-48H,6-8,10,12,14,16,18,20,22-23,26,28-46H2,1-5H3/b11-9+,15-13+,19-17+,25-24+,27-21+. The summed E-state index contributed by atoms with van der Waals surface area (Å²) >= 11 is 0. The summed E-state index contributed by atoms with van der Waals surface area (Å²) in [5.74, 6) is -1.77. The summed E-state index contributed by atoms with van der Waals surface area (Å²) in [7, 11) is 5.40. The molecular weight excluding hydrogens is 739 g/mol. The molecule has 0 rings (SSSR count). The number of carbonyl (C=O) groups excluding carboxylic acids is 3. The zero-order chi connectivity index (χ0) is 43.5. The zero-order valence-corrected chi connectivity index (χ0v) is 38.7. The van der Waals surface area contributed by atoms with Gasteiger partial charge < -0.3 is 28.6 Å². The van der Waals surface area contributed by atoms with Crippen LogP contribution in [0.2, 0.25) is 0 Å². The molecule has 0 bridgehead atoms. The smallest absolute Gasteiger partial charge is 0.306 e. The number of carboxylic acid groups (broad SMARTS) is 1. The fourth-order valence-electron chi connectivity index (χ4n) is 6.78. The van der Waals surface area contributed by atoms with Crippen molar-refractivity contribution in [1.82, 2.24) is 0 Å². The van der Waals surface area contributed by atoms with Crippen LogP contribution in [0.15, 0.2) is 60.8 Å². The minimum atomic E-state index is -1.13. The molecule has 0 spiro atoms.